The molecule has 0 aromatic heterocycles. The van der Waals surface area contributed by atoms with Crippen LogP contribution in [0, 0.1) is 5.92 Å². The minimum atomic E-state index is 0.740. The Bertz CT molecular complexity index is 258. The first-order chi connectivity index (χ1) is 13.2. The summed E-state index contributed by atoms with van der Waals surface area (Å²) in [5.74, 6) is 1.02. The van der Waals surface area contributed by atoms with Crippen molar-refractivity contribution < 1.29 is 4.74 Å². The maximum atomic E-state index is 5.19. The van der Waals surface area contributed by atoms with Crippen molar-refractivity contribution >= 4 is 0 Å². The number of piperazine rings is 1. The van der Waals surface area contributed by atoms with Gasteiger partial charge in [-0.1, -0.05) is 68.2 Å². The Labute approximate surface area is 172 Å². The van der Waals surface area contributed by atoms with Gasteiger partial charge in [-0.05, 0) is 38.4 Å². The first-order valence-corrected chi connectivity index (χ1v) is 12.0. The molecule has 166 valence electrons. The second-order valence-electron chi connectivity index (χ2n) is 6.97. The standard InChI is InChI=1S/C9H18N2O.C7H15N.C3H8.2C2H6/c1-2-10-3-5-11(6-4-10)9-7-12-8-9;1-2-7-3-5-8-6-4-7;1-3-2;2*1-2/h9H,2-8H2,1H3;7-8H,2-6H2,1H3;3H2,1-2H3;2*1-2H3. The fraction of sp³-hybridized carbons (Fsp3) is 1.00. The van der Waals surface area contributed by atoms with Gasteiger partial charge in [0, 0.05) is 26.2 Å². The molecule has 0 aromatic carbocycles. The molecule has 3 saturated heterocycles. The highest BCUT2D eigenvalue weighted by Crippen LogP contribution is 2.14. The number of hydrogen-bond acceptors (Lipinski definition) is 4. The van der Waals surface area contributed by atoms with Crippen molar-refractivity contribution in [2.24, 2.45) is 5.92 Å². The third-order valence-corrected chi connectivity index (χ3v) is 5.03. The van der Waals surface area contributed by atoms with Crippen LogP contribution in [0.1, 0.15) is 81.1 Å². The molecule has 0 amide bonds. The molecule has 0 unspecified atom stereocenters. The van der Waals surface area contributed by atoms with Gasteiger partial charge in [-0.3, -0.25) is 4.90 Å². The molecule has 3 heterocycles. The quantitative estimate of drug-likeness (QED) is 0.746. The summed E-state index contributed by atoms with van der Waals surface area (Å²) in [5, 5.41) is 3.35. The van der Waals surface area contributed by atoms with E-state index in [4.69, 9.17) is 4.74 Å². The van der Waals surface area contributed by atoms with E-state index < -0.39 is 0 Å². The number of nitrogens with zero attached hydrogens (tertiary/aromatic N) is 2. The average Bonchev–Trinajstić information content (AvgIpc) is 2.72. The van der Waals surface area contributed by atoms with Crippen molar-refractivity contribution in [3.05, 3.63) is 0 Å². The van der Waals surface area contributed by atoms with Crippen LogP contribution in [0.3, 0.4) is 0 Å². The first-order valence-electron chi connectivity index (χ1n) is 12.0. The fourth-order valence-electron chi connectivity index (χ4n) is 3.17. The third-order valence-electron chi connectivity index (χ3n) is 5.03. The molecule has 3 rings (SSSR count). The maximum Gasteiger partial charge on any atom is 0.0645 e. The molecule has 0 aromatic rings. The van der Waals surface area contributed by atoms with Gasteiger partial charge in [0.2, 0.25) is 0 Å². The summed E-state index contributed by atoms with van der Waals surface area (Å²) in [6, 6.07) is 0.740. The van der Waals surface area contributed by atoms with Crippen LogP contribution in [0.25, 0.3) is 0 Å². The van der Waals surface area contributed by atoms with Crippen LogP contribution in [0.5, 0.6) is 0 Å². The summed E-state index contributed by atoms with van der Waals surface area (Å²) in [6.07, 6.45) is 5.43. The van der Waals surface area contributed by atoms with Crippen molar-refractivity contribution in [1.82, 2.24) is 15.1 Å². The Morgan fingerprint density at radius 3 is 1.59 bits per heavy atom. The number of rotatable bonds is 3. The van der Waals surface area contributed by atoms with Gasteiger partial charge in [-0.2, -0.15) is 0 Å². The van der Waals surface area contributed by atoms with Crippen LogP contribution in [0.2, 0.25) is 0 Å². The van der Waals surface area contributed by atoms with Crippen molar-refractivity contribution in [2.45, 2.75) is 87.1 Å². The van der Waals surface area contributed by atoms with Gasteiger partial charge in [-0.15, -0.1) is 0 Å². The normalized spacial score (nSPS) is 20.9. The molecule has 1 N–H and O–H groups in total. The summed E-state index contributed by atoms with van der Waals surface area (Å²) in [7, 11) is 0. The molecule has 3 fully saturated rings. The van der Waals surface area contributed by atoms with Crippen LogP contribution >= 0.6 is 0 Å². The molecule has 3 aliphatic heterocycles. The van der Waals surface area contributed by atoms with Gasteiger partial charge in [-0.25, -0.2) is 0 Å². The summed E-state index contributed by atoms with van der Waals surface area (Å²) in [6.45, 7) is 27.4. The summed E-state index contributed by atoms with van der Waals surface area (Å²) in [5.41, 5.74) is 0. The minimum Gasteiger partial charge on any atom is -0.378 e. The number of ether oxygens (including phenoxy) is 1. The average molecular weight is 388 g/mol. The molecule has 0 spiro atoms. The third kappa shape index (κ3) is 14.5. The van der Waals surface area contributed by atoms with Gasteiger partial charge in [0.1, 0.15) is 0 Å². The lowest BCUT2D eigenvalue weighted by Gasteiger charge is -2.42. The molecular formula is C23H53N3O. The predicted molar refractivity (Wildman–Crippen MR) is 123 cm³/mol. The van der Waals surface area contributed by atoms with E-state index in [9.17, 15) is 0 Å². The number of piperidine rings is 1. The van der Waals surface area contributed by atoms with Crippen LogP contribution in [-0.2, 0) is 4.74 Å². The monoisotopic (exact) mass is 387 g/mol. The van der Waals surface area contributed by atoms with Gasteiger partial charge in [0.25, 0.3) is 0 Å². The molecule has 0 atom stereocenters. The van der Waals surface area contributed by atoms with E-state index in [1.54, 1.807) is 0 Å². The van der Waals surface area contributed by atoms with E-state index in [0.717, 1.165) is 25.2 Å². The Morgan fingerprint density at radius 2 is 1.30 bits per heavy atom. The van der Waals surface area contributed by atoms with Gasteiger partial charge >= 0.3 is 0 Å². The highest BCUT2D eigenvalue weighted by Gasteiger charge is 2.28. The zero-order valence-corrected chi connectivity index (χ0v) is 20.1. The van der Waals surface area contributed by atoms with Crippen molar-refractivity contribution in [2.75, 3.05) is 59.0 Å². The molecule has 0 saturated carbocycles. The van der Waals surface area contributed by atoms with Crippen molar-refractivity contribution in [1.29, 1.82) is 0 Å². The lowest BCUT2D eigenvalue weighted by molar-refractivity contribution is -0.0764. The number of hydrogen-bond donors (Lipinski definition) is 1. The van der Waals surface area contributed by atoms with E-state index >= 15 is 0 Å². The Morgan fingerprint density at radius 1 is 0.815 bits per heavy atom. The van der Waals surface area contributed by atoms with Gasteiger partial charge in [0.05, 0.1) is 19.3 Å². The van der Waals surface area contributed by atoms with Crippen molar-refractivity contribution in [3.63, 3.8) is 0 Å². The van der Waals surface area contributed by atoms with Crippen LogP contribution < -0.4 is 5.32 Å². The van der Waals surface area contributed by atoms with E-state index in [0.29, 0.717) is 0 Å². The van der Waals surface area contributed by atoms with Crippen LogP contribution in [-0.4, -0.2) is 74.9 Å². The Hall–Kier alpha value is -0.160. The largest absolute Gasteiger partial charge is 0.378 e. The predicted octanol–water partition coefficient (Wildman–Crippen LogP) is 4.89. The second kappa shape index (κ2) is 22.1. The van der Waals surface area contributed by atoms with E-state index in [1.807, 2.05) is 27.7 Å². The van der Waals surface area contributed by atoms with Crippen LogP contribution in [0.15, 0.2) is 0 Å². The second-order valence-corrected chi connectivity index (χ2v) is 6.97. The molecule has 4 nitrogen and oxygen atoms in total. The van der Waals surface area contributed by atoms with Crippen molar-refractivity contribution in [3.8, 4) is 0 Å². The molecule has 0 radical (unpaired) electrons. The molecule has 3 aliphatic rings. The maximum absolute atomic E-state index is 5.19. The molecular weight excluding hydrogens is 334 g/mol. The lowest BCUT2D eigenvalue weighted by atomic mass is 9.96. The van der Waals surface area contributed by atoms with Gasteiger partial charge in [0.15, 0.2) is 0 Å². The zero-order valence-electron chi connectivity index (χ0n) is 20.1. The number of nitrogens with one attached hydrogen (secondary N) is 1. The smallest absolute Gasteiger partial charge is 0.0645 e. The van der Waals surface area contributed by atoms with E-state index in [2.05, 4.69) is 42.8 Å². The SMILES string of the molecule is CC.CC.CCC.CCC1CCNCC1.CCN1CCN(C2COC2)CC1. The topological polar surface area (TPSA) is 27.7 Å². The Kier molecular flexibility index (Phi) is 23.8. The minimum absolute atomic E-state index is 0.740. The van der Waals surface area contributed by atoms with E-state index in [-0.39, 0.29) is 0 Å². The highest BCUT2D eigenvalue weighted by molar-refractivity contribution is 4.81. The fourth-order valence-corrected chi connectivity index (χ4v) is 3.17. The Balaban J connectivity index is 0. The molecule has 27 heavy (non-hydrogen) atoms. The first kappa shape index (κ1) is 29.0. The highest BCUT2D eigenvalue weighted by atomic mass is 16.5. The molecule has 0 aliphatic carbocycles. The molecule has 0 bridgehead atoms. The molecule has 4 heteroatoms. The summed E-state index contributed by atoms with van der Waals surface area (Å²) in [4.78, 5) is 5.08. The summed E-state index contributed by atoms with van der Waals surface area (Å²) >= 11 is 0. The van der Waals surface area contributed by atoms with Gasteiger partial charge < -0.3 is 15.0 Å². The lowest BCUT2D eigenvalue weighted by Crippen LogP contribution is -2.56. The van der Waals surface area contributed by atoms with Crippen LogP contribution in [0.4, 0.5) is 0 Å². The zero-order chi connectivity index (χ0) is 20.9. The summed E-state index contributed by atoms with van der Waals surface area (Å²) < 4.78 is 5.19. The van der Waals surface area contributed by atoms with E-state index in [1.165, 1.54) is 71.5 Å². The number of likely N-dealkylation sites (N-methyl/N-ethyl adjacent to an activating group) is 1.